The van der Waals surface area contributed by atoms with E-state index in [1.165, 1.54) is 6.26 Å². The Kier molecular flexibility index (Phi) is 4.75. The first-order chi connectivity index (χ1) is 7.31. The minimum atomic E-state index is -2.90. The standard InChI is InChI=1S/C9H19NO4S2/c1-15(11,12)6-3-5-10-8-9-4-2-7-16(9,13)14/h9-10H,2-8H2,1H3. The second-order valence-corrected chi connectivity index (χ2v) is 8.98. The Bertz CT molecular complexity index is 413. The highest BCUT2D eigenvalue weighted by Gasteiger charge is 2.30. The predicted octanol–water partition coefficient (Wildman–Crippen LogP) is -0.412. The van der Waals surface area contributed by atoms with Gasteiger partial charge >= 0.3 is 0 Å². The van der Waals surface area contributed by atoms with Gasteiger partial charge in [0.2, 0.25) is 0 Å². The van der Waals surface area contributed by atoms with Gasteiger partial charge in [-0.05, 0) is 25.8 Å². The van der Waals surface area contributed by atoms with E-state index >= 15 is 0 Å². The van der Waals surface area contributed by atoms with Gasteiger partial charge in [0.25, 0.3) is 0 Å². The second-order valence-electron chi connectivity index (χ2n) is 4.32. The van der Waals surface area contributed by atoms with E-state index in [4.69, 9.17) is 0 Å². The van der Waals surface area contributed by atoms with E-state index in [-0.39, 0.29) is 11.0 Å². The average molecular weight is 269 g/mol. The van der Waals surface area contributed by atoms with Gasteiger partial charge in [-0.1, -0.05) is 0 Å². The minimum Gasteiger partial charge on any atom is -0.315 e. The number of sulfone groups is 2. The van der Waals surface area contributed by atoms with E-state index in [9.17, 15) is 16.8 Å². The van der Waals surface area contributed by atoms with Crippen LogP contribution in [0.3, 0.4) is 0 Å². The van der Waals surface area contributed by atoms with E-state index in [0.29, 0.717) is 25.3 Å². The summed E-state index contributed by atoms with van der Waals surface area (Å²) < 4.78 is 44.6. The van der Waals surface area contributed by atoms with Crippen molar-refractivity contribution < 1.29 is 16.8 Å². The molecule has 1 rings (SSSR count). The molecule has 1 aliphatic heterocycles. The summed E-state index contributed by atoms with van der Waals surface area (Å²) in [5.41, 5.74) is 0. The lowest BCUT2D eigenvalue weighted by atomic mass is 10.2. The number of rotatable bonds is 6. The van der Waals surface area contributed by atoms with Crippen molar-refractivity contribution in [2.75, 3.05) is 30.9 Å². The van der Waals surface area contributed by atoms with Gasteiger partial charge in [-0.25, -0.2) is 16.8 Å². The zero-order chi connectivity index (χ0) is 12.2. The fraction of sp³-hybridized carbons (Fsp3) is 1.00. The van der Waals surface area contributed by atoms with Gasteiger partial charge in [-0.2, -0.15) is 0 Å². The first-order valence-electron chi connectivity index (χ1n) is 5.41. The molecule has 0 aromatic heterocycles. The first-order valence-corrected chi connectivity index (χ1v) is 9.19. The Balaban J connectivity index is 2.17. The molecule has 1 fully saturated rings. The highest BCUT2D eigenvalue weighted by molar-refractivity contribution is 7.92. The molecule has 0 aromatic rings. The zero-order valence-electron chi connectivity index (χ0n) is 9.48. The molecule has 0 aliphatic carbocycles. The fourth-order valence-electron chi connectivity index (χ4n) is 1.81. The van der Waals surface area contributed by atoms with Crippen LogP contribution in [-0.4, -0.2) is 52.9 Å². The summed E-state index contributed by atoms with van der Waals surface area (Å²) in [5.74, 6) is 0.445. The maximum absolute atomic E-state index is 11.4. The molecule has 1 aliphatic rings. The van der Waals surface area contributed by atoms with Crippen LogP contribution in [0.5, 0.6) is 0 Å². The van der Waals surface area contributed by atoms with Crippen LogP contribution < -0.4 is 5.32 Å². The van der Waals surface area contributed by atoms with Crippen LogP contribution in [0.25, 0.3) is 0 Å². The molecule has 0 bridgehead atoms. The number of hydrogen-bond donors (Lipinski definition) is 1. The lowest BCUT2D eigenvalue weighted by Crippen LogP contribution is -2.31. The van der Waals surface area contributed by atoms with Crippen LogP contribution >= 0.6 is 0 Å². The summed E-state index contributed by atoms with van der Waals surface area (Å²) in [6.07, 6.45) is 3.21. The third-order valence-corrected chi connectivity index (χ3v) is 6.01. The fourth-order valence-corrected chi connectivity index (χ4v) is 4.28. The summed E-state index contributed by atoms with van der Waals surface area (Å²) in [7, 11) is -5.79. The molecule has 96 valence electrons. The molecule has 0 aromatic carbocycles. The SMILES string of the molecule is CS(=O)(=O)CCCNCC1CCCS1(=O)=O. The van der Waals surface area contributed by atoms with Gasteiger partial charge < -0.3 is 5.32 Å². The normalized spacial score (nSPS) is 24.7. The molecule has 0 radical (unpaired) electrons. The maximum Gasteiger partial charge on any atom is 0.154 e. The van der Waals surface area contributed by atoms with Crippen molar-refractivity contribution in [1.29, 1.82) is 0 Å². The van der Waals surface area contributed by atoms with Gasteiger partial charge in [0.15, 0.2) is 9.84 Å². The first kappa shape index (κ1) is 13.9. The Morgan fingerprint density at radius 1 is 1.38 bits per heavy atom. The van der Waals surface area contributed by atoms with Crippen molar-refractivity contribution in [2.24, 2.45) is 0 Å². The van der Waals surface area contributed by atoms with E-state index < -0.39 is 19.7 Å². The second kappa shape index (κ2) is 5.46. The summed E-state index contributed by atoms with van der Waals surface area (Å²) in [6.45, 7) is 1.01. The van der Waals surface area contributed by atoms with Crippen molar-refractivity contribution >= 4 is 19.7 Å². The summed E-state index contributed by atoms with van der Waals surface area (Å²) in [6, 6.07) is 0. The van der Waals surface area contributed by atoms with Crippen molar-refractivity contribution in [3.05, 3.63) is 0 Å². The number of hydrogen-bond acceptors (Lipinski definition) is 5. The van der Waals surface area contributed by atoms with Crippen molar-refractivity contribution in [3.63, 3.8) is 0 Å². The molecular weight excluding hydrogens is 250 g/mol. The van der Waals surface area contributed by atoms with Crippen molar-refractivity contribution in [3.8, 4) is 0 Å². The molecule has 1 unspecified atom stereocenters. The van der Waals surface area contributed by atoms with Gasteiger partial charge in [0, 0.05) is 12.8 Å². The lowest BCUT2D eigenvalue weighted by molar-refractivity contribution is 0.569. The Labute approximate surface area is 97.5 Å². The monoisotopic (exact) mass is 269 g/mol. The van der Waals surface area contributed by atoms with Gasteiger partial charge in [-0.15, -0.1) is 0 Å². The molecule has 0 saturated carbocycles. The van der Waals surface area contributed by atoms with Crippen molar-refractivity contribution in [1.82, 2.24) is 5.32 Å². The minimum absolute atomic E-state index is 0.150. The Hall–Kier alpha value is -0.140. The topological polar surface area (TPSA) is 80.3 Å². The van der Waals surface area contributed by atoms with E-state index in [0.717, 1.165) is 12.8 Å². The van der Waals surface area contributed by atoms with Gasteiger partial charge in [0.1, 0.15) is 9.84 Å². The maximum atomic E-state index is 11.4. The molecule has 16 heavy (non-hydrogen) atoms. The molecule has 1 N–H and O–H groups in total. The smallest absolute Gasteiger partial charge is 0.154 e. The van der Waals surface area contributed by atoms with E-state index in [1.807, 2.05) is 0 Å². The Morgan fingerprint density at radius 3 is 2.56 bits per heavy atom. The van der Waals surface area contributed by atoms with Crippen LogP contribution in [0.1, 0.15) is 19.3 Å². The summed E-state index contributed by atoms with van der Waals surface area (Å²) in [4.78, 5) is 0. The summed E-state index contributed by atoms with van der Waals surface area (Å²) >= 11 is 0. The molecular formula is C9H19NO4S2. The van der Waals surface area contributed by atoms with Crippen molar-refractivity contribution in [2.45, 2.75) is 24.5 Å². The number of nitrogens with one attached hydrogen (secondary N) is 1. The van der Waals surface area contributed by atoms with Crippen LogP contribution in [0.2, 0.25) is 0 Å². The molecule has 5 nitrogen and oxygen atoms in total. The zero-order valence-corrected chi connectivity index (χ0v) is 11.1. The highest BCUT2D eigenvalue weighted by Crippen LogP contribution is 2.18. The third-order valence-electron chi connectivity index (χ3n) is 2.70. The molecule has 1 heterocycles. The van der Waals surface area contributed by atoms with Crippen LogP contribution in [0.4, 0.5) is 0 Å². The van der Waals surface area contributed by atoms with Gasteiger partial charge in [-0.3, -0.25) is 0 Å². The van der Waals surface area contributed by atoms with E-state index in [1.54, 1.807) is 0 Å². The summed E-state index contributed by atoms with van der Waals surface area (Å²) in [5, 5.41) is 2.74. The van der Waals surface area contributed by atoms with Gasteiger partial charge in [0.05, 0.1) is 16.8 Å². The Morgan fingerprint density at radius 2 is 2.06 bits per heavy atom. The quantitative estimate of drug-likeness (QED) is 0.663. The molecule has 0 amide bonds. The molecule has 1 saturated heterocycles. The largest absolute Gasteiger partial charge is 0.315 e. The lowest BCUT2D eigenvalue weighted by Gasteiger charge is -2.10. The molecule has 7 heteroatoms. The van der Waals surface area contributed by atoms with E-state index in [2.05, 4.69) is 5.32 Å². The van der Waals surface area contributed by atoms with Crippen LogP contribution in [0, 0.1) is 0 Å². The van der Waals surface area contributed by atoms with Crippen LogP contribution in [-0.2, 0) is 19.7 Å². The molecule has 0 spiro atoms. The van der Waals surface area contributed by atoms with Crippen LogP contribution in [0.15, 0.2) is 0 Å². The predicted molar refractivity (Wildman–Crippen MR) is 64.0 cm³/mol. The highest BCUT2D eigenvalue weighted by atomic mass is 32.2. The third kappa shape index (κ3) is 4.80. The average Bonchev–Trinajstić information content (AvgIpc) is 2.43. The molecule has 1 atom stereocenters.